The molecular weight excluding hydrogens is 373 g/mol. The zero-order valence-electron chi connectivity index (χ0n) is 10.5. The molecule has 0 unspecified atom stereocenters. The van der Waals surface area contributed by atoms with Crippen molar-refractivity contribution in [1.82, 2.24) is 0 Å². The zero-order chi connectivity index (χ0) is 15.6. The van der Waals surface area contributed by atoms with Gasteiger partial charge in [-0.05, 0) is 45.6 Å². The van der Waals surface area contributed by atoms with Crippen molar-refractivity contribution >= 4 is 33.2 Å². The minimum atomic E-state index is -4.43. The van der Waals surface area contributed by atoms with E-state index in [0.29, 0.717) is 0 Å². The Hall–Kier alpha value is -1.54. The summed E-state index contributed by atoms with van der Waals surface area (Å²) in [5.41, 5.74) is -0.791. The lowest BCUT2D eigenvalue weighted by molar-refractivity contribution is -0.137. The van der Waals surface area contributed by atoms with Gasteiger partial charge in [-0.3, -0.25) is 0 Å². The third kappa shape index (κ3) is 3.56. The fourth-order valence-electron chi connectivity index (χ4n) is 1.50. The minimum Gasteiger partial charge on any atom is -0.465 e. The number of methoxy groups -OCH3 is 1. The second-order valence-electron chi connectivity index (χ2n) is 3.85. The molecule has 0 bridgehead atoms. The Bertz CT molecular complexity index is 667. The molecule has 0 atom stereocenters. The SMILES string of the molecule is COC(=O)c1sccc1Oc1ccc(C(F)(F)F)cc1Br. The highest BCUT2D eigenvalue weighted by Gasteiger charge is 2.31. The summed E-state index contributed by atoms with van der Waals surface area (Å²) in [6.07, 6.45) is -4.43. The molecule has 3 nitrogen and oxygen atoms in total. The number of rotatable bonds is 3. The normalized spacial score (nSPS) is 11.3. The van der Waals surface area contributed by atoms with Gasteiger partial charge in [0, 0.05) is 0 Å². The quantitative estimate of drug-likeness (QED) is 0.694. The molecule has 0 aliphatic carbocycles. The summed E-state index contributed by atoms with van der Waals surface area (Å²) in [4.78, 5) is 11.7. The Labute approximate surface area is 130 Å². The van der Waals surface area contributed by atoms with Crippen LogP contribution in [0.15, 0.2) is 34.1 Å². The van der Waals surface area contributed by atoms with Gasteiger partial charge in [-0.2, -0.15) is 13.2 Å². The molecule has 0 fully saturated rings. The summed E-state index contributed by atoms with van der Waals surface area (Å²) in [6.45, 7) is 0. The molecule has 0 saturated carbocycles. The average Bonchev–Trinajstić information content (AvgIpc) is 2.87. The number of carbonyl (C=O) groups is 1. The maximum absolute atomic E-state index is 12.6. The van der Waals surface area contributed by atoms with Crippen LogP contribution in [-0.2, 0) is 10.9 Å². The van der Waals surface area contributed by atoms with E-state index in [1.54, 1.807) is 11.4 Å². The zero-order valence-corrected chi connectivity index (χ0v) is 12.9. The van der Waals surface area contributed by atoms with Crippen molar-refractivity contribution in [1.29, 1.82) is 0 Å². The number of alkyl halides is 3. The molecule has 0 aliphatic heterocycles. The Kier molecular flexibility index (Phi) is 4.58. The summed E-state index contributed by atoms with van der Waals surface area (Å²) < 4.78 is 47.9. The predicted molar refractivity (Wildman–Crippen MR) is 74.9 cm³/mol. The summed E-state index contributed by atoms with van der Waals surface area (Å²) in [6, 6.07) is 4.55. The maximum Gasteiger partial charge on any atom is 0.416 e. The monoisotopic (exact) mass is 380 g/mol. The van der Waals surface area contributed by atoms with Crippen molar-refractivity contribution in [2.24, 2.45) is 0 Å². The van der Waals surface area contributed by atoms with Crippen LogP contribution in [0.1, 0.15) is 15.2 Å². The van der Waals surface area contributed by atoms with Crippen LogP contribution in [0.25, 0.3) is 0 Å². The lowest BCUT2D eigenvalue weighted by Crippen LogP contribution is -2.05. The molecule has 2 aromatic rings. The van der Waals surface area contributed by atoms with Crippen molar-refractivity contribution in [2.75, 3.05) is 7.11 Å². The Balaban J connectivity index is 2.29. The Morgan fingerprint density at radius 1 is 1.24 bits per heavy atom. The highest BCUT2D eigenvalue weighted by Crippen LogP contribution is 2.38. The molecule has 0 saturated heterocycles. The number of esters is 1. The standard InChI is InChI=1S/C13H8BrF3O3S/c1-19-12(18)11-10(4-5-21-11)20-9-3-2-7(6-8(9)14)13(15,16)17/h2-6H,1H3. The molecule has 0 aliphatic rings. The van der Waals surface area contributed by atoms with Crippen molar-refractivity contribution in [3.63, 3.8) is 0 Å². The fraction of sp³-hybridized carbons (Fsp3) is 0.154. The minimum absolute atomic E-state index is 0.138. The second kappa shape index (κ2) is 6.07. The number of hydrogen-bond donors (Lipinski definition) is 0. The van der Waals surface area contributed by atoms with E-state index in [0.717, 1.165) is 23.5 Å². The van der Waals surface area contributed by atoms with Gasteiger partial charge in [-0.25, -0.2) is 4.79 Å². The van der Waals surface area contributed by atoms with Crippen LogP contribution in [0.2, 0.25) is 0 Å². The molecule has 21 heavy (non-hydrogen) atoms. The van der Waals surface area contributed by atoms with Gasteiger partial charge in [0.2, 0.25) is 0 Å². The van der Waals surface area contributed by atoms with Gasteiger partial charge in [0.05, 0.1) is 17.1 Å². The van der Waals surface area contributed by atoms with E-state index in [-0.39, 0.29) is 20.8 Å². The van der Waals surface area contributed by atoms with E-state index in [1.165, 1.54) is 13.2 Å². The summed E-state index contributed by atoms with van der Waals surface area (Å²) in [5.74, 6) is -0.165. The second-order valence-corrected chi connectivity index (χ2v) is 5.62. The first-order chi connectivity index (χ1) is 9.82. The average molecular weight is 381 g/mol. The van der Waals surface area contributed by atoms with Crippen LogP contribution in [0, 0.1) is 0 Å². The summed E-state index contributed by atoms with van der Waals surface area (Å²) in [7, 11) is 1.24. The van der Waals surface area contributed by atoms with E-state index < -0.39 is 17.7 Å². The molecule has 0 spiro atoms. The molecule has 112 valence electrons. The van der Waals surface area contributed by atoms with Gasteiger partial charge >= 0.3 is 12.1 Å². The smallest absolute Gasteiger partial charge is 0.416 e. The van der Waals surface area contributed by atoms with Crippen molar-refractivity contribution in [3.8, 4) is 11.5 Å². The van der Waals surface area contributed by atoms with Gasteiger partial charge in [-0.15, -0.1) is 11.3 Å². The van der Waals surface area contributed by atoms with E-state index in [1.807, 2.05) is 0 Å². The first-order valence-corrected chi connectivity index (χ1v) is 7.20. The van der Waals surface area contributed by atoms with Crippen molar-refractivity contribution < 1.29 is 27.4 Å². The summed E-state index contributed by atoms with van der Waals surface area (Å²) in [5, 5.41) is 1.62. The number of ether oxygens (including phenoxy) is 2. The predicted octanol–water partition coefficient (Wildman–Crippen LogP) is 5.11. The van der Waals surface area contributed by atoms with Crippen LogP contribution in [0.5, 0.6) is 11.5 Å². The van der Waals surface area contributed by atoms with E-state index in [4.69, 9.17) is 4.74 Å². The highest BCUT2D eigenvalue weighted by molar-refractivity contribution is 9.10. The van der Waals surface area contributed by atoms with Gasteiger partial charge < -0.3 is 9.47 Å². The Morgan fingerprint density at radius 2 is 1.95 bits per heavy atom. The van der Waals surface area contributed by atoms with Crippen LogP contribution in [0.3, 0.4) is 0 Å². The molecule has 1 aromatic carbocycles. The molecule has 1 aromatic heterocycles. The van der Waals surface area contributed by atoms with Crippen LogP contribution in [0.4, 0.5) is 13.2 Å². The number of thiophene rings is 1. The van der Waals surface area contributed by atoms with E-state index >= 15 is 0 Å². The van der Waals surface area contributed by atoms with E-state index in [2.05, 4.69) is 20.7 Å². The number of halogens is 4. The third-order valence-electron chi connectivity index (χ3n) is 2.48. The van der Waals surface area contributed by atoms with Gasteiger partial charge in [0.25, 0.3) is 0 Å². The fourth-order valence-corrected chi connectivity index (χ4v) is 2.69. The lowest BCUT2D eigenvalue weighted by Gasteiger charge is -2.11. The Morgan fingerprint density at radius 3 is 2.52 bits per heavy atom. The topological polar surface area (TPSA) is 35.5 Å². The van der Waals surface area contributed by atoms with Gasteiger partial charge in [0.15, 0.2) is 10.6 Å². The van der Waals surface area contributed by atoms with Crippen molar-refractivity contribution in [3.05, 3.63) is 44.6 Å². The first-order valence-electron chi connectivity index (χ1n) is 5.53. The molecule has 1 heterocycles. The third-order valence-corrected chi connectivity index (χ3v) is 3.97. The highest BCUT2D eigenvalue weighted by atomic mass is 79.9. The van der Waals surface area contributed by atoms with Crippen LogP contribution >= 0.6 is 27.3 Å². The first kappa shape index (κ1) is 15.8. The maximum atomic E-state index is 12.6. The molecule has 8 heteroatoms. The molecule has 0 amide bonds. The number of hydrogen-bond acceptors (Lipinski definition) is 4. The molecule has 2 rings (SSSR count). The number of carbonyl (C=O) groups excluding carboxylic acids is 1. The van der Waals surface area contributed by atoms with Gasteiger partial charge in [-0.1, -0.05) is 0 Å². The summed E-state index contributed by atoms with van der Waals surface area (Å²) >= 11 is 4.15. The molecular formula is C13H8BrF3O3S. The van der Waals surface area contributed by atoms with Crippen LogP contribution in [-0.4, -0.2) is 13.1 Å². The van der Waals surface area contributed by atoms with E-state index in [9.17, 15) is 18.0 Å². The lowest BCUT2D eigenvalue weighted by atomic mass is 10.2. The van der Waals surface area contributed by atoms with Gasteiger partial charge in [0.1, 0.15) is 5.75 Å². The largest absolute Gasteiger partial charge is 0.465 e. The number of benzene rings is 1. The molecule has 0 N–H and O–H groups in total. The van der Waals surface area contributed by atoms with Crippen molar-refractivity contribution in [2.45, 2.75) is 6.18 Å². The molecule has 0 radical (unpaired) electrons. The van der Waals surface area contributed by atoms with Crippen LogP contribution < -0.4 is 4.74 Å².